The van der Waals surface area contributed by atoms with Crippen LogP contribution in [-0.4, -0.2) is 47.6 Å². The second-order valence-corrected chi connectivity index (χ2v) is 5.07. The Morgan fingerprint density at radius 3 is 2.84 bits per heavy atom. The first-order chi connectivity index (χ1) is 9.13. The molecule has 1 saturated heterocycles. The lowest BCUT2D eigenvalue weighted by molar-refractivity contribution is -0.146. The smallest absolute Gasteiger partial charge is 0.248 e. The molecule has 1 aromatic heterocycles. The lowest BCUT2D eigenvalue weighted by Gasteiger charge is -2.39. The Bertz CT molecular complexity index is 418. The van der Waals surface area contributed by atoms with E-state index in [1.807, 2.05) is 32.0 Å². The number of nitrogens with zero attached hydrogens (tertiary/aromatic N) is 2. The summed E-state index contributed by atoms with van der Waals surface area (Å²) in [4.78, 5) is 18.1. The quantitative estimate of drug-likeness (QED) is 0.825. The highest BCUT2D eigenvalue weighted by molar-refractivity contribution is 5.77. The van der Waals surface area contributed by atoms with Gasteiger partial charge in [0, 0.05) is 25.8 Å². The summed E-state index contributed by atoms with van der Waals surface area (Å²) in [5.74, 6) is 0.0151. The van der Waals surface area contributed by atoms with Crippen LogP contribution in [0.4, 0.5) is 0 Å². The second kappa shape index (κ2) is 6.12. The number of nitrogens with one attached hydrogen (secondary N) is 1. The van der Waals surface area contributed by atoms with Crippen molar-refractivity contribution in [1.29, 1.82) is 0 Å². The molecular formula is C14H21N3O2. The van der Waals surface area contributed by atoms with E-state index in [2.05, 4.69) is 10.3 Å². The Morgan fingerprint density at radius 1 is 1.53 bits per heavy atom. The molecule has 1 N–H and O–H groups in total. The van der Waals surface area contributed by atoms with Gasteiger partial charge in [-0.1, -0.05) is 6.07 Å². The van der Waals surface area contributed by atoms with Crippen molar-refractivity contribution in [3.05, 3.63) is 30.1 Å². The lowest BCUT2D eigenvalue weighted by atomic mass is 10.0. The molecule has 0 bridgehead atoms. The number of carbonyl (C=O) groups is 1. The number of hydrogen-bond donors (Lipinski definition) is 1. The second-order valence-electron chi connectivity index (χ2n) is 5.07. The van der Waals surface area contributed by atoms with Gasteiger partial charge in [0.1, 0.15) is 6.61 Å². The zero-order chi connectivity index (χ0) is 13.7. The topological polar surface area (TPSA) is 54.5 Å². The highest BCUT2D eigenvalue weighted by Gasteiger charge is 2.33. The van der Waals surface area contributed by atoms with Crippen molar-refractivity contribution in [2.45, 2.75) is 26.0 Å². The van der Waals surface area contributed by atoms with Gasteiger partial charge in [0.2, 0.25) is 5.91 Å². The summed E-state index contributed by atoms with van der Waals surface area (Å²) in [6.45, 7) is 6.94. The minimum atomic E-state index is -0.180. The number of hydrogen-bond acceptors (Lipinski definition) is 4. The van der Waals surface area contributed by atoms with Crippen LogP contribution >= 0.6 is 0 Å². The van der Waals surface area contributed by atoms with Gasteiger partial charge in [-0.15, -0.1) is 0 Å². The number of aromatic nitrogens is 1. The number of rotatable bonds is 6. The Labute approximate surface area is 114 Å². The molecule has 0 aliphatic carbocycles. The first kappa shape index (κ1) is 14.0. The van der Waals surface area contributed by atoms with Crippen LogP contribution < -0.4 is 5.32 Å². The number of amides is 1. The highest BCUT2D eigenvalue weighted by Crippen LogP contribution is 2.15. The molecule has 0 spiro atoms. The minimum Gasteiger partial charge on any atom is -0.363 e. The van der Waals surface area contributed by atoms with Crippen LogP contribution in [0.3, 0.4) is 0 Å². The van der Waals surface area contributed by atoms with Crippen LogP contribution in [0.15, 0.2) is 24.4 Å². The van der Waals surface area contributed by atoms with Crippen molar-refractivity contribution in [2.24, 2.45) is 0 Å². The fraction of sp³-hybridized carbons (Fsp3) is 0.571. The molecule has 0 atom stereocenters. The molecule has 5 heteroatoms. The molecule has 2 rings (SSSR count). The molecule has 1 aliphatic rings. The molecule has 19 heavy (non-hydrogen) atoms. The molecule has 1 aliphatic heterocycles. The van der Waals surface area contributed by atoms with Crippen molar-refractivity contribution < 1.29 is 9.53 Å². The summed E-state index contributed by atoms with van der Waals surface area (Å²) in [6, 6.07) is 5.72. The first-order valence-corrected chi connectivity index (χ1v) is 6.65. The monoisotopic (exact) mass is 263 g/mol. The molecule has 0 aromatic carbocycles. The van der Waals surface area contributed by atoms with Crippen LogP contribution in [0.25, 0.3) is 0 Å². The average Bonchev–Trinajstić information content (AvgIpc) is 2.41. The van der Waals surface area contributed by atoms with Crippen LogP contribution in [0.2, 0.25) is 0 Å². The summed E-state index contributed by atoms with van der Waals surface area (Å²) < 4.78 is 5.67. The molecule has 1 fully saturated rings. The molecule has 0 unspecified atom stereocenters. The fourth-order valence-corrected chi connectivity index (χ4v) is 1.97. The molecule has 5 nitrogen and oxygen atoms in total. The maximum Gasteiger partial charge on any atom is 0.248 e. The lowest BCUT2D eigenvalue weighted by Crippen LogP contribution is -2.59. The van der Waals surface area contributed by atoms with Gasteiger partial charge in [0.05, 0.1) is 17.8 Å². The third-order valence-electron chi connectivity index (χ3n) is 3.36. The summed E-state index contributed by atoms with van der Waals surface area (Å²) in [6.07, 6.45) is 1.74. The molecule has 2 heterocycles. The van der Waals surface area contributed by atoms with E-state index < -0.39 is 0 Å². The standard InChI is InChI=1S/C14H21N3O2/c1-3-17(8-12-6-4-5-7-16-12)13(18)9-19-14(2)10-15-11-14/h4-7,15H,3,8-11H2,1-2H3. The zero-order valence-electron chi connectivity index (χ0n) is 11.6. The molecule has 0 radical (unpaired) electrons. The average molecular weight is 263 g/mol. The normalized spacial score (nSPS) is 16.7. The van der Waals surface area contributed by atoms with Gasteiger partial charge in [-0.25, -0.2) is 0 Å². The van der Waals surface area contributed by atoms with Crippen molar-refractivity contribution in [3.8, 4) is 0 Å². The van der Waals surface area contributed by atoms with E-state index in [1.54, 1.807) is 11.1 Å². The first-order valence-electron chi connectivity index (χ1n) is 6.65. The molecule has 1 aromatic rings. The van der Waals surface area contributed by atoms with E-state index in [0.29, 0.717) is 13.1 Å². The summed E-state index contributed by atoms with van der Waals surface area (Å²) in [5.41, 5.74) is 0.717. The van der Waals surface area contributed by atoms with E-state index >= 15 is 0 Å². The number of ether oxygens (including phenoxy) is 1. The zero-order valence-corrected chi connectivity index (χ0v) is 11.6. The highest BCUT2D eigenvalue weighted by atomic mass is 16.5. The molecular weight excluding hydrogens is 242 g/mol. The summed E-state index contributed by atoms with van der Waals surface area (Å²) in [7, 11) is 0. The largest absolute Gasteiger partial charge is 0.363 e. The van der Waals surface area contributed by atoms with Crippen molar-refractivity contribution in [2.75, 3.05) is 26.2 Å². The Hall–Kier alpha value is -1.46. The van der Waals surface area contributed by atoms with Gasteiger partial charge in [0.25, 0.3) is 0 Å². The van der Waals surface area contributed by atoms with Gasteiger partial charge in [-0.3, -0.25) is 9.78 Å². The Morgan fingerprint density at radius 2 is 2.32 bits per heavy atom. The maximum atomic E-state index is 12.1. The summed E-state index contributed by atoms with van der Waals surface area (Å²) >= 11 is 0. The van der Waals surface area contributed by atoms with Crippen LogP contribution in [0.1, 0.15) is 19.5 Å². The summed E-state index contributed by atoms with van der Waals surface area (Å²) in [5, 5.41) is 3.15. The number of pyridine rings is 1. The van der Waals surface area contributed by atoms with Crippen molar-refractivity contribution in [3.63, 3.8) is 0 Å². The fourth-order valence-electron chi connectivity index (χ4n) is 1.97. The van der Waals surface area contributed by atoms with Gasteiger partial charge < -0.3 is 15.0 Å². The van der Waals surface area contributed by atoms with Crippen LogP contribution in [0, 0.1) is 0 Å². The van der Waals surface area contributed by atoms with Gasteiger partial charge >= 0.3 is 0 Å². The Balaban J connectivity index is 1.84. The van der Waals surface area contributed by atoms with E-state index in [4.69, 9.17) is 4.74 Å². The van der Waals surface area contributed by atoms with Crippen LogP contribution in [-0.2, 0) is 16.1 Å². The van der Waals surface area contributed by atoms with E-state index in [-0.39, 0.29) is 18.1 Å². The number of likely N-dealkylation sites (N-methyl/N-ethyl adjacent to an activating group) is 1. The van der Waals surface area contributed by atoms with E-state index in [1.165, 1.54) is 0 Å². The number of carbonyl (C=O) groups excluding carboxylic acids is 1. The van der Waals surface area contributed by atoms with E-state index in [0.717, 1.165) is 18.8 Å². The third-order valence-corrected chi connectivity index (χ3v) is 3.36. The minimum absolute atomic E-state index is 0.0151. The predicted molar refractivity (Wildman–Crippen MR) is 72.6 cm³/mol. The predicted octanol–water partition coefficient (Wildman–Crippen LogP) is 0.809. The SMILES string of the molecule is CCN(Cc1ccccn1)C(=O)COC1(C)CNC1. The van der Waals surface area contributed by atoms with Crippen LogP contribution in [0.5, 0.6) is 0 Å². The van der Waals surface area contributed by atoms with Crippen molar-refractivity contribution in [1.82, 2.24) is 15.2 Å². The third kappa shape index (κ3) is 3.75. The van der Waals surface area contributed by atoms with Crippen molar-refractivity contribution >= 4 is 5.91 Å². The van der Waals surface area contributed by atoms with Gasteiger partial charge in [0.15, 0.2) is 0 Å². The van der Waals surface area contributed by atoms with Gasteiger partial charge in [-0.05, 0) is 26.0 Å². The molecule has 0 saturated carbocycles. The van der Waals surface area contributed by atoms with E-state index in [9.17, 15) is 4.79 Å². The molecule has 1 amide bonds. The van der Waals surface area contributed by atoms with Gasteiger partial charge in [-0.2, -0.15) is 0 Å². The molecule has 104 valence electrons. The Kier molecular flexibility index (Phi) is 4.50. The maximum absolute atomic E-state index is 12.1.